The van der Waals surface area contributed by atoms with Gasteiger partial charge in [0.15, 0.2) is 0 Å². The van der Waals surface area contributed by atoms with E-state index >= 15 is 0 Å². The molecule has 2 rings (SSSR count). The Morgan fingerprint density at radius 1 is 1.47 bits per heavy atom. The summed E-state index contributed by atoms with van der Waals surface area (Å²) in [5.74, 6) is -0.0770. The predicted octanol–water partition coefficient (Wildman–Crippen LogP) is 0.804. The van der Waals surface area contributed by atoms with Crippen molar-refractivity contribution in [1.29, 1.82) is 0 Å². The number of halogens is 2. The second kappa shape index (κ2) is 4.40. The first kappa shape index (κ1) is 12.5. The van der Waals surface area contributed by atoms with Gasteiger partial charge in [-0.2, -0.15) is 0 Å². The maximum atomic E-state index is 11.6. The topological polar surface area (TPSA) is 80.2 Å². The van der Waals surface area contributed by atoms with E-state index in [1.54, 1.807) is 0 Å². The van der Waals surface area contributed by atoms with Gasteiger partial charge < -0.3 is 0 Å². The van der Waals surface area contributed by atoms with Crippen molar-refractivity contribution in [1.82, 2.24) is 9.97 Å². The number of hydrogen-bond acceptors (Lipinski definition) is 5. The molecule has 1 aliphatic rings. The van der Waals surface area contributed by atoms with Crippen molar-refractivity contribution < 1.29 is 13.2 Å². The Labute approximate surface area is 107 Å². The van der Waals surface area contributed by atoms with Crippen molar-refractivity contribution in [2.45, 2.75) is 11.7 Å². The molecule has 1 aliphatic heterocycles. The van der Waals surface area contributed by atoms with Gasteiger partial charge in [0, 0.05) is 29.8 Å². The lowest BCUT2D eigenvalue weighted by Gasteiger charge is -2.14. The van der Waals surface area contributed by atoms with Gasteiger partial charge in [-0.15, -0.1) is 0 Å². The molecule has 1 unspecified atom stereocenters. The van der Waals surface area contributed by atoms with Crippen molar-refractivity contribution in [3.63, 3.8) is 0 Å². The number of anilines is 1. The van der Waals surface area contributed by atoms with E-state index in [2.05, 4.69) is 9.97 Å². The lowest BCUT2D eigenvalue weighted by molar-refractivity contribution is -0.117. The summed E-state index contributed by atoms with van der Waals surface area (Å²) in [6.45, 7) is -0.0159. The molecule has 0 N–H and O–H groups in total. The van der Waals surface area contributed by atoms with Crippen LogP contribution in [0.4, 0.5) is 5.82 Å². The first-order valence-corrected chi connectivity index (χ1v) is 7.35. The molecule has 1 aromatic rings. The van der Waals surface area contributed by atoms with Gasteiger partial charge in [0.2, 0.25) is 20.2 Å². The van der Waals surface area contributed by atoms with E-state index < -0.39 is 14.3 Å². The number of rotatable bonds is 2. The molecule has 2 heterocycles. The fraction of sp³-hybridized carbons (Fsp3) is 0.375. The van der Waals surface area contributed by atoms with Crippen LogP contribution >= 0.6 is 22.3 Å². The van der Waals surface area contributed by atoms with Crippen LogP contribution in [0.3, 0.4) is 0 Å². The average Bonchev–Trinajstić information content (AvgIpc) is 2.60. The van der Waals surface area contributed by atoms with Crippen LogP contribution in [0.15, 0.2) is 12.3 Å². The molecule has 1 saturated heterocycles. The predicted molar refractivity (Wildman–Crippen MR) is 62.6 cm³/mol. The van der Waals surface area contributed by atoms with Gasteiger partial charge in [0.25, 0.3) is 0 Å². The van der Waals surface area contributed by atoms with Crippen LogP contribution in [-0.4, -0.2) is 36.1 Å². The molecule has 0 aliphatic carbocycles. The lowest BCUT2D eigenvalue weighted by Crippen LogP contribution is -2.27. The maximum Gasteiger partial charge on any atom is 0.237 e. The average molecular weight is 296 g/mol. The van der Waals surface area contributed by atoms with E-state index in [-0.39, 0.29) is 30.0 Å². The number of aromatic nitrogens is 2. The van der Waals surface area contributed by atoms with Crippen LogP contribution in [-0.2, 0) is 13.8 Å². The van der Waals surface area contributed by atoms with Crippen LogP contribution < -0.4 is 4.90 Å². The van der Waals surface area contributed by atoms with Gasteiger partial charge in [-0.1, -0.05) is 0 Å². The highest BCUT2D eigenvalue weighted by Crippen LogP contribution is 2.25. The highest BCUT2D eigenvalue weighted by molar-refractivity contribution is 8.14. The zero-order valence-electron chi connectivity index (χ0n) is 8.38. The van der Waals surface area contributed by atoms with Crippen LogP contribution in [0.25, 0.3) is 0 Å². The van der Waals surface area contributed by atoms with Gasteiger partial charge in [0.1, 0.15) is 11.1 Å². The maximum absolute atomic E-state index is 11.6. The van der Waals surface area contributed by atoms with Crippen LogP contribution in [0.5, 0.6) is 0 Å². The summed E-state index contributed by atoms with van der Waals surface area (Å²) in [6, 6.07) is 1.48. The van der Waals surface area contributed by atoms with Crippen molar-refractivity contribution in [2.75, 3.05) is 11.4 Å². The Kier molecular flexibility index (Phi) is 3.24. The van der Waals surface area contributed by atoms with Crippen molar-refractivity contribution in [3.8, 4) is 0 Å². The number of hydrogen-bond donors (Lipinski definition) is 0. The Morgan fingerprint density at radius 2 is 2.18 bits per heavy atom. The molecule has 1 amide bonds. The summed E-state index contributed by atoms with van der Waals surface area (Å²) in [6.07, 6.45) is 1.24. The second-order valence-corrected chi connectivity index (χ2v) is 6.74. The molecule has 1 fully saturated rings. The van der Waals surface area contributed by atoms with Gasteiger partial charge in [-0.3, -0.25) is 9.69 Å². The van der Waals surface area contributed by atoms with Crippen LogP contribution in [0.2, 0.25) is 5.28 Å². The number of amides is 1. The smallest absolute Gasteiger partial charge is 0.237 e. The summed E-state index contributed by atoms with van der Waals surface area (Å²) < 4.78 is 22.3. The quantitative estimate of drug-likeness (QED) is 0.596. The third kappa shape index (κ3) is 2.67. The molecule has 17 heavy (non-hydrogen) atoms. The van der Waals surface area contributed by atoms with E-state index in [0.717, 1.165) is 0 Å². The van der Waals surface area contributed by atoms with Crippen molar-refractivity contribution >= 4 is 43.1 Å². The fourth-order valence-electron chi connectivity index (χ4n) is 1.56. The molecule has 92 valence electrons. The largest absolute Gasteiger partial charge is 0.295 e. The summed E-state index contributed by atoms with van der Waals surface area (Å²) >= 11 is 5.59. The molecule has 6 nitrogen and oxygen atoms in total. The molecule has 0 radical (unpaired) electrons. The molecule has 1 atom stereocenters. The van der Waals surface area contributed by atoms with Crippen LogP contribution in [0.1, 0.15) is 6.42 Å². The first-order chi connectivity index (χ1) is 7.88. The number of nitrogens with zero attached hydrogens (tertiary/aromatic N) is 3. The highest BCUT2D eigenvalue weighted by Gasteiger charge is 2.38. The summed E-state index contributed by atoms with van der Waals surface area (Å²) in [4.78, 5) is 20.4. The van der Waals surface area contributed by atoms with Crippen molar-refractivity contribution in [2.24, 2.45) is 0 Å². The summed E-state index contributed by atoms with van der Waals surface area (Å²) in [5, 5.41) is -0.919. The Bertz CT molecular complexity index is 563. The minimum absolute atomic E-state index is 0.00696. The summed E-state index contributed by atoms with van der Waals surface area (Å²) in [5.41, 5.74) is 0. The Balaban J connectivity index is 2.28. The second-order valence-electron chi connectivity index (χ2n) is 3.49. The van der Waals surface area contributed by atoms with Gasteiger partial charge in [-0.25, -0.2) is 18.4 Å². The molecular weight excluding hydrogens is 289 g/mol. The van der Waals surface area contributed by atoms with E-state index in [9.17, 15) is 13.2 Å². The van der Waals surface area contributed by atoms with E-state index in [1.807, 2.05) is 0 Å². The van der Waals surface area contributed by atoms with E-state index in [1.165, 1.54) is 17.2 Å². The van der Waals surface area contributed by atoms with Crippen molar-refractivity contribution in [3.05, 3.63) is 17.5 Å². The van der Waals surface area contributed by atoms with Gasteiger partial charge >= 0.3 is 0 Å². The fourth-order valence-corrected chi connectivity index (χ4v) is 2.73. The molecule has 9 heteroatoms. The minimum atomic E-state index is -3.75. The third-order valence-corrected chi connectivity index (χ3v) is 4.43. The summed E-state index contributed by atoms with van der Waals surface area (Å²) in [7, 11) is 1.47. The minimum Gasteiger partial charge on any atom is -0.295 e. The van der Waals surface area contributed by atoms with E-state index in [4.69, 9.17) is 22.3 Å². The zero-order chi connectivity index (χ0) is 12.6. The van der Waals surface area contributed by atoms with E-state index in [0.29, 0.717) is 0 Å². The number of carbonyl (C=O) groups excluding carboxylic acids is 1. The lowest BCUT2D eigenvalue weighted by atomic mass is 10.4. The Morgan fingerprint density at radius 3 is 2.71 bits per heavy atom. The normalized spacial score (nSPS) is 20.9. The molecule has 0 spiro atoms. The van der Waals surface area contributed by atoms with Gasteiger partial charge in [0.05, 0.1) is 0 Å². The zero-order valence-corrected chi connectivity index (χ0v) is 10.7. The van der Waals surface area contributed by atoms with Crippen LogP contribution in [0, 0.1) is 0 Å². The Hall–Kier alpha value is -0.920. The molecule has 0 aromatic carbocycles. The molecule has 0 bridgehead atoms. The monoisotopic (exact) mass is 295 g/mol. The van der Waals surface area contributed by atoms with Gasteiger partial charge in [-0.05, 0) is 17.7 Å². The first-order valence-electron chi connectivity index (χ1n) is 4.60. The molecular formula is C8H7Cl2N3O3S. The molecule has 1 aromatic heterocycles. The SMILES string of the molecule is O=C1CC(S(=O)(=O)Cl)CN1c1ccnc(Cl)n1. The standard InChI is InChI=1S/C8H7Cl2N3O3S/c9-8-11-2-1-6(12-8)13-4-5(3-7(13)14)17(10,15)16/h1-2,5H,3-4H2. The third-order valence-electron chi connectivity index (χ3n) is 2.38. The molecule has 0 saturated carbocycles. The highest BCUT2D eigenvalue weighted by atomic mass is 35.7. The number of carbonyl (C=O) groups is 1.